The van der Waals surface area contributed by atoms with Crippen molar-refractivity contribution in [3.05, 3.63) is 61.7 Å². The number of carbonyl (C=O) groups excluding carboxylic acids is 1. The number of hydrogen-bond donors (Lipinski definition) is 1. The predicted molar refractivity (Wildman–Crippen MR) is 114 cm³/mol. The molecule has 160 valence electrons. The molecule has 4 heterocycles. The molecule has 0 aliphatic carbocycles. The molecule has 1 amide bonds. The van der Waals surface area contributed by atoms with Crippen LogP contribution in [-0.4, -0.2) is 43.3 Å². The third-order valence-electron chi connectivity index (χ3n) is 5.82. The van der Waals surface area contributed by atoms with Gasteiger partial charge in [0.2, 0.25) is 5.43 Å². The average molecular weight is 461 g/mol. The fraction of sp³-hybridized carbons (Fsp3) is 0.333. The molecule has 0 spiro atoms. The number of carbonyl (C=O) groups is 1. The fourth-order valence-corrected chi connectivity index (χ4v) is 5.34. The van der Waals surface area contributed by atoms with Crippen LogP contribution < -0.4 is 5.43 Å². The molecule has 2 aliphatic heterocycles. The van der Waals surface area contributed by atoms with Crippen molar-refractivity contribution in [3.8, 4) is 16.3 Å². The molecule has 0 unspecified atom stereocenters. The van der Waals surface area contributed by atoms with Crippen LogP contribution in [0.5, 0.6) is 5.75 Å². The fourth-order valence-electron chi connectivity index (χ4n) is 4.27. The number of halogens is 2. The highest BCUT2D eigenvalue weighted by Gasteiger charge is 2.37. The third kappa shape index (κ3) is 3.41. The second-order valence-corrected chi connectivity index (χ2v) is 9.23. The number of fused-ring (bicyclic) bond motifs is 2. The molecule has 0 radical (unpaired) electrons. The summed E-state index contributed by atoms with van der Waals surface area (Å²) in [5.41, 5.74) is -0.0823. The Labute approximate surface area is 185 Å². The first-order chi connectivity index (χ1) is 14.9. The Bertz CT molecular complexity index is 1260. The lowest BCUT2D eigenvalue weighted by Gasteiger charge is -2.40. The van der Waals surface area contributed by atoms with Gasteiger partial charge in [-0.05, 0) is 30.9 Å². The molecular weight excluding hydrogens is 443 g/mol. The van der Waals surface area contributed by atoms with Crippen LogP contribution >= 0.6 is 22.9 Å². The van der Waals surface area contributed by atoms with Gasteiger partial charge in [-0.2, -0.15) is 0 Å². The number of rotatable bonds is 3. The molecule has 0 saturated carbocycles. The van der Waals surface area contributed by atoms with Gasteiger partial charge in [0.15, 0.2) is 16.5 Å². The molecule has 31 heavy (non-hydrogen) atoms. The minimum Gasteiger partial charge on any atom is -0.503 e. The first kappa shape index (κ1) is 20.1. The second kappa shape index (κ2) is 7.72. The Kier molecular flexibility index (Phi) is 5.02. The maximum atomic E-state index is 14.2. The first-order valence-electron chi connectivity index (χ1n) is 9.97. The molecule has 2 aliphatic rings. The zero-order chi connectivity index (χ0) is 21.7. The molecule has 1 saturated heterocycles. The molecule has 5 rings (SSSR count). The standard InChI is InChI=1S/C21H18ClFN4O3S/c22-14-6-3-4-11(16(14)23)8-15-24-25-20(31-15)13-10-26-9-12-5-1-2-7-27(12)21(30)17(26)19(29)18(13)28/h3-4,6,10,12,29H,1-2,5,7-9H2/t12-/m1/s1. The molecule has 3 aromatic rings. The molecule has 0 bridgehead atoms. The summed E-state index contributed by atoms with van der Waals surface area (Å²) in [6.45, 7) is 1.15. The molecule has 1 fully saturated rings. The van der Waals surface area contributed by atoms with Crippen LogP contribution in [0.2, 0.25) is 5.02 Å². The number of aromatic nitrogens is 3. The van der Waals surface area contributed by atoms with Crippen molar-refractivity contribution in [2.24, 2.45) is 0 Å². The van der Waals surface area contributed by atoms with Gasteiger partial charge in [-0.15, -0.1) is 10.2 Å². The number of aromatic hydroxyl groups is 1. The van der Waals surface area contributed by atoms with Gasteiger partial charge >= 0.3 is 0 Å². The summed E-state index contributed by atoms with van der Waals surface area (Å²) in [4.78, 5) is 27.5. The SMILES string of the molecule is O=C1c2c(O)c(=O)c(-c3nnc(Cc4cccc(Cl)c4F)s3)cn2C[C@H]2CCCCN12. The van der Waals surface area contributed by atoms with Crippen LogP contribution in [0.4, 0.5) is 4.39 Å². The highest BCUT2D eigenvalue weighted by Crippen LogP contribution is 2.32. The molecular formula is C21H18ClFN4O3S. The largest absolute Gasteiger partial charge is 0.503 e. The molecule has 7 nitrogen and oxygen atoms in total. The number of piperidine rings is 1. The Morgan fingerprint density at radius 1 is 1.26 bits per heavy atom. The number of benzene rings is 1. The number of pyridine rings is 1. The van der Waals surface area contributed by atoms with Gasteiger partial charge in [-0.3, -0.25) is 9.59 Å². The van der Waals surface area contributed by atoms with E-state index in [1.165, 1.54) is 6.07 Å². The van der Waals surface area contributed by atoms with Gasteiger partial charge in [0.05, 0.1) is 10.6 Å². The predicted octanol–water partition coefficient (Wildman–Crippen LogP) is 3.46. The van der Waals surface area contributed by atoms with E-state index in [-0.39, 0.29) is 34.6 Å². The van der Waals surface area contributed by atoms with Crippen LogP contribution in [0.25, 0.3) is 10.6 Å². The molecule has 1 aromatic carbocycles. The number of hydrogen-bond acceptors (Lipinski definition) is 6. The first-order valence-corrected chi connectivity index (χ1v) is 11.2. The van der Waals surface area contributed by atoms with Gasteiger partial charge in [0.1, 0.15) is 10.8 Å². The summed E-state index contributed by atoms with van der Waals surface area (Å²) < 4.78 is 15.8. The monoisotopic (exact) mass is 460 g/mol. The normalized spacial score (nSPS) is 18.1. The highest BCUT2D eigenvalue weighted by molar-refractivity contribution is 7.14. The summed E-state index contributed by atoms with van der Waals surface area (Å²) >= 11 is 6.98. The topological polar surface area (TPSA) is 88.3 Å². The number of amides is 1. The van der Waals surface area contributed by atoms with Crippen molar-refractivity contribution < 1.29 is 14.3 Å². The zero-order valence-electron chi connectivity index (χ0n) is 16.3. The van der Waals surface area contributed by atoms with Gasteiger partial charge in [-0.1, -0.05) is 35.1 Å². The summed E-state index contributed by atoms with van der Waals surface area (Å²) in [5, 5.41) is 19.6. The van der Waals surface area contributed by atoms with Crippen molar-refractivity contribution in [2.75, 3.05) is 6.54 Å². The van der Waals surface area contributed by atoms with Crippen molar-refractivity contribution >= 4 is 28.8 Å². The quantitative estimate of drug-likeness (QED) is 0.646. The molecule has 2 aromatic heterocycles. The van der Waals surface area contributed by atoms with E-state index in [4.69, 9.17) is 11.6 Å². The lowest BCUT2D eigenvalue weighted by Crippen LogP contribution is -2.51. The average Bonchev–Trinajstić information content (AvgIpc) is 3.22. The summed E-state index contributed by atoms with van der Waals surface area (Å²) in [5.74, 6) is -1.39. The van der Waals surface area contributed by atoms with Crippen LogP contribution in [-0.2, 0) is 13.0 Å². The highest BCUT2D eigenvalue weighted by atomic mass is 35.5. The van der Waals surface area contributed by atoms with Crippen molar-refractivity contribution in [3.63, 3.8) is 0 Å². The lowest BCUT2D eigenvalue weighted by molar-refractivity contribution is 0.0506. The Hall–Kier alpha value is -2.78. The lowest BCUT2D eigenvalue weighted by atomic mass is 9.98. The minimum atomic E-state index is -0.660. The third-order valence-corrected chi connectivity index (χ3v) is 7.07. The summed E-state index contributed by atoms with van der Waals surface area (Å²) in [7, 11) is 0. The van der Waals surface area contributed by atoms with E-state index >= 15 is 0 Å². The van der Waals surface area contributed by atoms with E-state index in [1.54, 1.807) is 27.8 Å². The van der Waals surface area contributed by atoms with Crippen LogP contribution in [0.1, 0.15) is 40.3 Å². The second-order valence-electron chi connectivity index (χ2n) is 7.76. The maximum Gasteiger partial charge on any atom is 0.274 e. The van der Waals surface area contributed by atoms with Gasteiger partial charge in [0, 0.05) is 31.7 Å². The van der Waals surface area contributed by atoms with E-state index in [2.05, 4.69) is 10.2 Å². The van der Waals surface area contributed by atoms with E-state index in [9.17, 15) is 19.1 Å². The van der Waals surface area contributed by atoms with Crippen molar-refractivity contribution in [1.29, 1.82) is 0 Å². The van der Waals surface area contributed by atoms with Gasteiger partial charge < -0.3 is 14.6 Å². The molecule has 10 heteroatoms. The zero-order valence-corrected chi connectivity index (χ0v) is 17.9. The van der Waals surface area contributed by atoms with E-state index < -0.39 is 17.0 Å². The summed E-state index contributed by atoms with van der Waals surface area (Å²) in [6.07, 6.45) is 4.61. The molecule has 1 atom stereocenters. The van der Waals surface area contributed by atoms with Crippen LogP contribution in [0, 0.1) is 5.82 Å². The van der Waals surface area contributed by atoms with E-state index in [0.717, 1.165) is 30.6 Å². The van der Waals surface area contributed by atoms with E-state index in [1.807, 2.05) is 0 Å². The van der Waals surface area contributed by atoms with Gasteiger partial charge in [0.25, 0.3) is 5.91 Å². The maximum absolute atomic E-state index is 14.2. The Morgan fingerprint density at radius 3 is 2.94 bits per heavy atom. The Balaban J connectivity index is 1.51. The van der Waals surface area contributed by atoms with Crippen LogP contribution in [0.3, 0.4) is 0 Å². The van der Waals surface area contributed by atoms with Crippen molar-refractivity contribution in [1.82, 2.24) is 19.7 Å². The smallest absolute Gasteiger partial charge is 0.274 e. The molecule has 1 N–H and O–H groups in total. The number of nitrogens with zero attached hydrogens (tertiary/aromatic N) is 4. The Morgan fingerprint density at radius 2 is 2.10 bits per heavy atom. The van der Waals surface area contributed by atoms with Crippen LogP contribution in [0.15, 0.2) is 29.2 Å². The van der Waals surface area contributed by atoms with Crippen molar-refractivity contribution in [2.45, 2.75) is 38.3 Å². The van der Waals surface area contributed by atoms with E-state index in [0.29, 0.717) is 28.7 Å². The minimum absolute atomic E-state index is 0.0256. The summed E-state index contributed by atoms with van der Waals surface area (Å²) in [6, 6.07) is 4.79. The van der Waals surface area contributed by atoms with Gasteiger partial charge in [-0.25, -0.2) is 4.39 Å².